The predicted octanol–water partition coefficient (Wildman–Crippen LogP) is 2.86. The molecule has 1 fully saturated rings. The standard InChI is InChI=1S/C14H10ClF3N2O2/c15-9-3-1-8(2-4-9)12-10(13(22)14(16,17)18)7-20-11(21)5-6-19(12)20/h1-4,7,12H,5-6H2. The van der Waals surface area contributed by atoms with Gasteiger partial charge in [-0.1, -0.05) is 23.7 Å². The molecule has 0 N–H and O–H groups in total. The quantitative estimate of drug-likeness (QED) is 0.837. The molecule has 1 aromatic carbocycles. The monoisotopic (exact) mass is 330 g/mol. The van der Waals surface area contributed by atoms with Crippen molar-refractivity contribution in [2.75, 3.05) is 6.54 Å². The van der Waals surface area contributed by atoms with Crippen LogP contribution >= 0.6 is 11.6 Å². The summed E-state index contributed by atoms with van der Waals surface area (Å²) in [4.78, 5) is 23.4. The van der Waals surface area contributed by atoms with Crippen LogP contribution < -0.4 is 0 Å². The number of Topliss-reactive ketones (excluding diaryl/α,β-unsaturated/α-hetero) is 1. The van der Waals surface area contributed by atoms with E-state index in [1.165, 1.54) is 17.1 Å². The molecule has 1 amide bonds. The number of halogens is 4. The van der Waals surface area contributed by atoms with Gasteiger partial charge < -0.3 is 0 Å². The van der Waals surface area contributed by atoms with E-state index in [0.717, 1.165) is 11.2 Å². The normalized spacial score (nSPS) is 22.0. The number of nitrogens with zero attached hydrogens (tertiary/aromatic N) is 2. The molecule has 0 aliphatic carbocycles. The molecule has 1 atom stereocenters. The van der Waals surface area contributed by atoms with Crippen LogP contribution in [0.4, 0.5) is 13.2 Å². The predicted molar refractivity (Wildman–Crippen MR) is 71.5 cm³/mol. The first-order chi connectivity index (χ1) is 10.3. The number of carbonyl (C=O) groups excluding carboxylic acids is 2. The van der Waals surface area contributed by atoms with Gasteiger partial charge in [0, 0.05) is 29.8 Å². The zero-order chi connectivity index (χ0) is 16.1. The van der Waals surface area contributed by atoms with Gasteiger partial charge >= 0.3 is 6.18 Å². The maximum Gasteiger partial charge on any atom is 0.454 e. The lowest BCUT2D eigenvalue weighted by Crippen LogP contribution is -2.34. The van der Waals surface area contributed by atoms with Crippen molar-refractivity contribution in [3.8, 4) is 0 Å². The van der Waals surface area contributed by atoms with E-state index in [9.17, 15) is 22.8 Å². The fourth-order valence-corrected chi connectivity index (χ4v) is 2.81. The van der Waals surface area contributed by atoms with Crippen molar-refractivity contribution < 1.29 is 22.8 Å². The Hall–Kier alpha value is -1.86. The highest BCUT2D eigenvalue weighted by Crippen LogP contribution is 2.41. The fourth-order valence-electron chi connectivity index (χ4n) is 2.68. The van der Waals surface area contributed by atoms with Gasteiger partial charge in [0.25, 0.3) is 5.78 Å². The Labute approximate surface area is 128 Å². The minimum absolute atomic E-state index is 0.202. The van der Waals surface area contributed by atoms with Crippen molar-refractivity contribution in [1.29, 1.82) is 0 Å². The lowest BCUT2D eigenvalue weighted by molar-refractivity contribution is -0.167. The van der Waals surface area contributed by atoms with E-state index in [-0.39, 0.29) is 18.9 Å². The van der Waals surface area contributed by atoms with Crippen LogP contribution in [-0.4, -0.2) is 34.4 Å². The van der Waals surface area contributed by atoms with Crippen molar-refractivity contribution in [3.63, 3.8) is 0 Å². The molecule has 1 aromatic rings. The van der Waals surface area contributed by atoms with Gasteiger partial charge in [-0.3, -0.25) is 9.59 Å². The van der Waals surface area contributed by atoms with Crippen LogP contribution in [0, 0.1) is 0 Å². The molecule has 1 unspecified atom stereocenters. The lowest BCUT2D eigenvalue weighted by Gasteiger charge is -2.26. The van der Waals surface area contributed by atoms with E-state index in [1.54, 1.807) is 12.1 Å². The Bertz CT molecular complexity index is 670. The molecule has 22 heavy (non-hydrogen) atoms. The average molecular weight is 331 g/mol. The molecule has 3 rings (SSSR count). The number of rotatable bonds is 2. The molecule has 2 aliphatic heterocycles. The molecule has 1 saturated heterocycles. The van der Waals surface area contributed by atoms with E-state index in [4.69, 9.17) is 11.6 Å². The second kappa shape index (κ2) is 5.10. The summed E-state index contributed by atoms with van der Waals surface area (Å²) in [6.45, 7) is 0.261. The molecular weight excluding hydrogens is 321 g/mol. The van der Waals surface area contributed by atoms with Gasteiger partial charge in [-0.25, -0.2) is 10.0 Å². The van der Waals surface area contributed by atoms with Gasteiger partial charge in [0.2, 0.25) is 5.91 Å². The topological polar surface area (TPSA) is 40.6 Å². The summed E-state index contributed by atoms with van der Waals surface area (Å²) in [7, 11) is 0. The zero-order valence-electron chi connectivity index (χ0n) is 11.1. The van der Waals surface area contributed by atoms with Crippen LogP contribution in [0.2, 0.25) is 5.02 Å². The van der Waals surface area contributed by atoms with Crippen LogP contribution in [-0.2, 0) is 9.59 Å². The first-order valence-corrected chi connectivity index (χ1v) is 6.84. The molecule has 0 saturated carbocycles. The number of alkyl halides is 3. The second-order valence-corrected chi connectivity index (χ2v) is 5.45. The third-order valence-corrected chi connectivity index (χ3v) is 3.90. The van der Waals surface area contributed by atoms with Crippen LogP contribution in [0.25, 0.3) is 0 Å². The minimum atomic E-state index is -4.99. The third-order valence-electron chi connectivity index (χ3n) is 3.65. The first-order valence-electron chi connectivity index (χ1n) is 6.46. The molecule has 2 aliphatic rings. The number of hydrogen-bond donors (Lipinski definition) is 0. The fraction of sp³-hybridized carbons (Fsp3) is 0.286. The summed E-state index contributed by atoms with van der Waals surface area (Å²) in [5, 5.41) is 2.99. The highest BCUT2D eigenvalue weighted by Gasteiger charge is 2.50. The van der Waals surface area contributed by atoms with E-state index in [2.05, 4.69) is 0 Å². The molecule has 0 bridgehead atoms. The van der Waals surface area contributed by atoms with Gasteiger partial charge in [-0.05, 0) is 17.7 Å². The molecular formula is C14H10ClF3N2O2. The summed E-state index contributed by atoms with van der Waals surface area (Å²) < 4.78 is 38.4. The highest BCUT2D eigenvalue weighted by atomic mass is 35.5. The summed E-state index contributed by atoms with van der Waals surface area (Å²) in [5.41, 5.74) is 0.0216. The van der Waals surface area contributed by atoms with Crippen LogP contribution in [0.5, 0.6) is 0 Å². The number of amides is 1. The first kappa shape index (κ1) is 15.1. The van der Waals surface area contributed by atoms with Gasteiger partial charge in [0.15, 0.2) is 0 Å². The van der Waals surface area contributed by atoms with Gasteiger partial charge in [-0.2, -0.15) is 13.2 Å². The molecule has 0 radical (unpaired) electrons. The Morgan fingerprint density at radius 2 is 1.86 bits per heavy atom. The SMILES string of the molecule is O=C1CCN2C(c3ccc(Cl)cc3)C(C(=O)C(F)(F)F)=CN12. The Balaban J connectivity index is 2.04. The molecule has 4 nitrogen and oxygen atoms in total. The highest BCUT2D eigenvalue weighted by molar-refractivity contribution is 6.30. The van der Waals surface area contributed by atoms with Crippen molar-refractivity contribution in [3.05, 3.63) is 46.6 Å². The van der Waals surface area contributed by atoms with Crippen molar-refractivity contribution in [2.24, 2.45) is 0 Å². The number of carbonyl (C=O) groups is 2. The number of ketones is 1. The van der Waals surface area contributed by atoms with Crippen molar-refractivity contribution in [1.82, 2.24) is 10.0 Å². The smallest absolute Gasteiger partial charge is 0.284 e. The van der Waals surface area contributed by atoms with Gasteiger partial charge in [0.05, 0.1) is 6.04 Å². The molecule has 8 heteroatoms. The second-order valence-electron chi connectivity index (χ2n) is 5.02. The molecule has 0 aromatic heterocycles. The Morgan fingerprint density at radius 3 is 2.45 bits per heavy atom. The van der Waals surface area contributed by atoms with E-state index < -0.39 is 23.6 Å². The number of hydrogen-bond acceptors (Lipinski definition) is 3. The maximum absolute atomic E-state index is 12.8. The number of hydrazine groups is 1. The summed E-state index contributed by atoms with van der Waals surface area (Å²) >= 11 is 5.78. The largest absolute Gasteiger partial charge is 0.454 e. The van der Waals surface area contributed by atoms with Crippen molar-refractivity contribution in [2.45, 2.75) is 18.6 Å². The minimum Gasteiger partial charge on any atom is -0.284 e. The Kier molecular flexibility index (Phi) is 3.49. The lowest BCUT2D eigenvalue weighted by atomic mass is 9.96. The zero-order valence-corrected chi connectivity index (χ0v) is 11.9. The van der Waals surface area contributed by atoms with Crippen LogP contribution in [0.3, 0.4) is 0 Å². The summed E-state index contributed by atoms with van der Waals surface area (Å²) in [5.74, 6) is -2.27. The molecule has 0 spiro atoms. The Morgan fingerprint density at radius 1 is 1.23 bits per heavy atom. The number of benzene rings is 1. The van der Waals surface area contributed by atoms with Crippen LogP contribution in [0.1, 0.15) is 18.0 Å². The molecule has 2 heterocycles. The summed E-state index contributed by atoms with van der Waals surface area (Å²) in [6.07, 6.45) is -3.79. The van der Waals surface area contributed by atoms with Gasteiger partial charge in [0.1, 0.15) is 0 Å². The molecule has 116 valence electrons. The third kappa shape index (κ3) is 2.40. The number of fused-ring (bicyclic) bond motifs is 1. The average Bonchev–Trinajstić information content (AvgIpc) is 2.98. The van der Waals surface area contributed by atoms with E-state index in [0.29, 0.717) is 10.6 Å². The van der Waals surface area contributed by atoms with Crippen LogP contribution in [0.15, 0.2) is 36.0 Å². The van der Waals surface area contributed by atoms with E-state index in [1.807, 2.05) is 0 Å². The van der Waals surface area contributed by atoms with Crippen molar-refractivity contribution >= 4 is 23.3 Å². The van der Waals surface area contributed by atoms with Gasteiger partial charge in [-0.15, -0.1) is 0 Å². The maximum atomic E-state index is 12.8. The summed E-state index contributed by atoms with van der Waals surface area (Å²) in [6, 6.07) is 5.24. The van der Waals surface area contributed by atoms with E-state index >= 15 is 0 Å².